The van der Waals surface area contributed by atoms with Crippen molar-refractivity contribution in [3.63, 3.8) is 0 Å². The molecule has 0 spiro atoms. The normalized spacial score (nSPS) is 16.0. The van der Waals surface area contributed by atoms with E-state index in [9.17, 15) is 13.2 Å². The van der Waals surface area contributed by atoms with Gasteiger partial charge in [-0.1, -0.05) is 18.5 Å². The number of piperidine rings is 1. The number of anilines is 1. The van der Waals surface area contributed by atoms with Gasteiger partial charge in [-0.05, 0) is 61.2 Å². The molecule has 0 radical (unpaired) electrons. The summed E-state index contributed by atoms with van der Waals surface area (Å²) in [7, 11) is -2.16. The Balaban J connectivity index is 1.87. The Bertz CT molecular complexity index is 953. The smallest absolute Gasteiger partial charge is 0.255 e. The van der Waals surface area contributed by atoms with Crippen molar-refractivity contribution in [3.05, 3.63) is 53.1 Å². The minimum absolute atomic E-state index is 0.134. The van der Waals surface area contributed by atoms with Crippen molar-refractivity contribution in [1.82, 2.24) is 4.31 Å². The number of benzene rings is 2. The third-order valence-corrected chi connectivity index (χ3v) is 7.05. The molecule has 1 fully saturated rings. The summed E-state index contributed by atoms with van der Waals surface area (Å²) >= 11 is 5.85. The topological polar surface area (TPSA) is 75.7 Å². The van der Waals surface area contributed by atoms with Crippen LogP contribution in [0.4, 0.5) is 5.69 Å². The maximum atomic E-state index is 13.0. The van der Waals surface area contributed by atoms with E-state index in [4.69, 9.17) is 16.3 Å². The number of ether oxygens (including phenoxy) is 1. The van der Waals surface area contributed by atoms with Gasteiger partial charge in [-0.25, -0.2) is 8.42 Å². The zero-order chi connectivity index (χ0) is 20.3. The van der Waals surface area contributed by atoms with Gasteiger partial charge in [0.2, 0.25) is 10.0 Å². The van der Waals surface area contributed by atoms with E-state index in [1.165, 1.54) is 23.5 Å². The molecule has 1 aliphatic heterocycles. The first kappa shape index (κ1) is 20.6. The van der Waals surface area contributed by atoms with Crippen molar-refractivity contribution in [2.75, 3.05) is 25.5 Å². The summed E-state index contributed by atoms with van der Waals surface area (Å²) in [6, 6.07) is 10.9. The van der Waals surface area contributed by atoms with E-state index in [2.05, 4.69) is 12.2 Å². The number of methoxy groups -OCH3 is 1. The Kier molecular flexibility index (Phi) is 6.27. The maximum Gasteiger partial charge on any atom is 0.255 e. The minimum Gasteiger partial charge on any atom is -0.495 e. The molecule has 1 aliphatic rings. The lowest BCUT2D eigenvalue weighted by atomic mass is 10.0. The quantitative estimate of drug-likeness (QED) is 0.789. The van der Waals surface area contributed by atoms with Crippen LogP contribution in [0.1, 0.15) is 30.1 Å². The Morgan fingerprint density at radius 1 is 1.14 bits per heavy atom. The summed E-state index contributed by atoms with van der Waals surface area (Å²) in [6.07, 6.45) is 1.69. The van der Waals surface area contributed by atoms with Crippen LogP contribution >= 0.6 is 11.6 Å². The second kappa shape index (κ2) is 8.51. The Hall–Kier alpha value is -2.09. The molecule has 1 amide bonds. The molecule has 2 aromatic carbocycles. The largest absolute Gasteiger partial charge is 0.495 e. The van der Waals surface area contributed by atoms with Crippen molar-refractivity contribution < 1.29 is 17.9 Å². The average Bonchev–Trinajstić information content (AvgIpc) is 2.68. The first-order valence-corrected chi connectivity index (χ1v) is 10.9. The van der Waals surface area contributed by atoms with Gasteiger partial charge in [0.05, 0.1) is 17.7 Å². The lowest BCUT2D eigenvalue weighted by molar-refractivity contribution is 0.102. The summed E-state index contributed by atoms with van der Waals surface area (Å²) in [6.45, 7) is 3.13. The van der Waals surface area contributed by atoms with E-state index in [1.807, 2.05) is 0 Å². The predicted molar refractivity (Wildman–Crippen MR) is 110 cm³/mol. The fraction of sp³-hybridized carbons (Fsp3) is 0.350. The molecule has 28 heavy (non-hydrogen) atoms. The molecule has 8 heteroatoms. The van der Waals surface area contributed by atoms with Crippen molar-refractivity contribution >= 4 is 33.2 Å². The number of nitrogens with one attached hydrogen (secondary N) is 1. The van der Waals surface area contributed by atoms with E-state index in [1.54, 1.807) is 30.3 Å². The SMILES string of the molecule is COc1ccc(S(=O)(=O)N2CCC(C)CC2)cc1NC(=O)c1ccc(Cl)cc1. The highest BCUT2D eigenvalue weighted by atomic mass is 35.5. The van der Waals surface area contributed by atoms with Gasteiger partial charge in [0, 0.05) is 23.7 Å². The number of carbonyl (C=O) groups excluding carboxylic acids is 1. The van der Waals surface area contributed by atoms with Gasteiger partial charge < -0.3 is 10.1 Å². The zero-order valence-corrected chi connectivity index (χ0v) is 17.4. The van der Waals surface area contributed by atoms with E-state index in [0.717, 1.165) is 12.8 Å². The van der Waals surface area contributed by atoms with Crippen LogP contribution in [-0.2, 0) is 10.0 Å². The summed E-state index contributed by atoms with van der Waals surface area (Å²) in [5.41, 5.74) is 0.707. The minimum atomic E-state index is -3.63. The molecule has 0 aliphatic carbocycles. The molecule has 1 N–H and O–H groups in total. The monoisotopic (exact) mass is 422 g/mol. The highest BCUT2D eigenvalue weighted by Gasteiger charge is 2.28. The van der Waals surface area contributed by atoms with Crippen molar-refractivity contribution in [2.24, 2.45) is 5.92 Å². The number of halogens is 1. The van der Waals surface area contributed by atoms with Crippen LogP contribution in [-0.4, -0.2) is 38.8 Å². The number of hydrogen-bond donors (Lipinski definition) is 1. The number of nitrogens with zero attached hydrogens (tertiary/aromatic N) is 1. The lowest BCUT2D eigenvalue weighted by Crippen LogP contribution is -2.37. The fourth-order valence-electron chi connectivity index (χ4n) is 3.12. The van der Waals surface area contributed by atoms with E-state index >= 15 is 0 Å². The van der Waals surface area contributed by atoms with Gasteiger partial charge in [0.15, 0.2) is 0 Å². The molecule has 3 rings (SSSR count). The molecule has 0 unspecified atom stereocenters. The summed E-state index contributed by atoms with van der Waals surface area (Å²) < 4.78 is 32.8. The molecule has 150 valence electrons. The molecular weight excluding hydrogens is 400 g/mol. The average molecular weight is 423 g/mol. The van der Waals surface area contributed by atoms with Crippen LogP contribution in [0.2, 0.25) is 5.02 Å². The van der Waals surface area contributed by atoms with Crippen molar-refractivity contribution in [2.45, 2.75) is 24.7 Å². The molecule has 1 heterocycles. The van der Waals surface area contributed by atoms with E-state index < -0.39 is 10.0 Å². The van der Waals surface area contributed by atoms with Crippen LogP contribution in [0, 0.1) is 5.92 Å². The van der Waals surface area contributed by atoms with Gasteiger partial charge in [0.25, 0.3) is 5.91 Å². The van der Waals surface area contributed by atoms with Crippen molar-refractivity contribution in [1.29, 1.82) is 0 Å². The van der Waals surface area contributed by atoms with Crippen LogP contribution in [0.3, 0.4) is 0 Å². The summed E-state index contributed by atoms with van der Waals surface area (Å²) in [5, 5.41) is 3.26. The van der Waals surface area contributed by atoms with Crippen LogP contribution in [0.25, 0.3) is 0 Å². The van der Waals surface area contributed by atoms with Gasteiger partial charge in [0.1, 0.15) is 5.75 Å². The van der Waals surface area contributed by atoms with Crippen LogP contribution < -0.4 is 10.1 Å². The van der Waals surface area contributed by atoms with Gasteiger partial charge in [-0.3, -0.25) is 4.79 Å². The molecule has 2 aromatic rings. The number of sulfonamides is 1. The Morgan fingerprint density at radius 3 is 2.39 bits per heavy atom. The highest BCUT2D eigenvalue weighted by molar-refractivity contribution is 7.89. The molecule has 0 aromatic heterocycles. The Morgan fingerprint density at radius 2 is 1.79 bits per heavy atom. The number of rotatable bonds is 5. The van der Waals surface area contributed by atoms with Gasteiger partial charge in [-0.15, -0.1) is 0 Å². The van der Waals surface area contributed by atoms with Crippen LogP contribution in [0.15, 0.2) is 47.4 Å². The first-order valence-electron chi connectivity index (χ1n) is 9.06. The molecule has 0 bridgehead atoms. The fourth-order valence-corrected chi connectivity index (χ4v) is 4.74. The number of carbonyl (C=O) groups is 1. The molecule has 0 saturated carbocycles. The standard InChI is InChI=1S/C20H23ClN2O4S/c1-14-9-11-23(12-10-14)28(25,26)17-7-8-19(27-2)18(13-17)22-20(24)15-3-5-16(21)6-4-15/h3-8,13-14H,9-12H2,1-2H3,(H,22,24). The van der Waals surface area contributed by atoms with Gasteiger partial charge in [-0.2, -0.15) is 4.31 Å². The predicted octanol–water partition coefficient (Wildman–Crippen LogP) is 4.02. The number of amides is 1. The third kappa shape index (κ3) is 4.48. The summed E-state index contributed by atoms with van der Waals surface area (Å²) in [4.78, 5) is 12.7. The van der Waals surface area contributed by atoms with E-state index in [0.29, 0.717) is 41.0 Å². The lowest BCUT2D eigenvalue weighted by Gasteiger charge is -2.29. The van der Waals surface area contributed by atoms with Crippen molar-refractivity contribution in [3.8, 4) is 5.75 Å². The van der Waals surface area contributed by atoms with Gasteiger partial charge >= 0.3 is 0 Å². The zero-order valence-electron chi connectivity index (χ0n) is 15.8. The molecule has 0 atom stereocenters. The van der Waals surface area contributed by atoms with Crippen LogP contribution in [0.5, 0.6) is 5.75 Å². The maximum absolute atomic E-state index is 13.0. The molecule has 6 nitrogen and oxygen atoms in total. The third-order valence-electron chi connectivity index (χ3n) is 4.91. The Labute approximate surface area is 170 Å². The highest BCUT2D eigenvalue weighted by Crippen LogP contribution is 2.31. The summed E-state index contributed by atoms with van der Waals surface area (Å²) in [5.74, 6) is 0.529. The van der Waals surface area contributed by atoms with E-state index in [-0.39, 0.29) is 10.8 Å². The molecular formula is C20H23ClN2O4S. The number of hydrogen-bond acceptors (Lipinski definition) is 4. The first-order chi connectivity index (χ1) is 13.3. The second-order valence-electron chi connectivity index (χ2n) is 6.91. The molecule has 1 saturated heterocycles. The second-order valence-corrected chi connectivity index (χ2v) is 9.28.